The molecule has 0 aliphatic rings. The number of hydrazine groups is 1. The SMILES string of the molecule is Cc1ccccc1CCNS(=O)(=O)c1cnccc1NN. The number of nitrogens with two attached hydrogens (primary N) is 1. The highest BCUT2D eigenvalue weighted by atomic mass is 32.2. The molecule has 21 heavy (non-hydrogen) atoms. The molecule has 1 heterocycles. The van der Waals surface area contributed by atoms with Crippen molar-refractivity contribution in [3.63, 3.8) is 0 Å². The number of hydrogen-bond acceptors (Lipinski definition) is 5. The van der Waals surface area contributed by atoms with Crippen molar-refractivity contribution in [1.82, 2.24) is 9.71 Å². The Bertz CT molecular complexity index is 716. The normalized spacial score (nSPS) is 11.3. The Morgan fingerprint density at radius 2 is 2.00 bits per heavy atom. The molecule has 112 valence electrons. The fraction of sp³-hybridized carbons (Fsp3) is 0.214. The number of hydrogen-bond donors (Lipinski definition) is 3. The molecule has 7 heteroatoms. The number of nitrogen functional groups attached to an aromatic ring is 1. The number of rotatable bonds is 6. The minimum absolute atomic E-state index is 0.0392. The number of nitrogens with one attached hydrogen (secondary N) is 2. The first kappa shape index (κ1) is 15.4. The molecule has 1 aromatic heterocycles. The molecule has 0 saturated carbocycles. The highest BCUT2D eigenvalue weighted by Crippen LogP contribution is 2.18. The van der Waals surface area contributed by atoms with Crippen LogP contribution in [0.3, 0.4) is 0 Å². The number of benzene rings is 1. The molecular formula is C14H18N4O2S. The average Bonchev–Trinajstić information content (AvgIpc) is 2.49. The zero-order valence-electron chi connectivity index (χ0n) is 11.7. The predicted octanol–water partition coefficient (Wildman–Crippen LogP) is 1.20. The van der Waals surface area contributed by atoms with E-state index in [1.165, 1.54) is 18.5 Å². The Balaban J connectivity index is 2.07. The standard InChI is InChI=1S/C14H18N4O2S/c1-11-4-2-3-5-12(11)6-9-17-21(19,20)14-10-16-8-7-13(14)18-15/h2-5,7-8,10,17H,6,9,15H2,1H3,(H,16,18). The first-order chi connectivity index (χ1) is 10.0. The summed E-state index contributed by atoms with van der Waals surface area (Å²) in [5.74, 6) is 5.32. The van der Waals surface area contributed by atoms with Crippen LogP contribution in [0.25, 0.3) is 0 Å². The van der Waals surface area contributed by atoms with Crippen LogP contribution < -0.4 is 16.0 Å². The van der Waals surface area contributed by atoms with Gasteiger partial charge in [-0.25, -0.2) is 13.1 Å². The van der Waals surface area contributed by atoms with Crippen LogP contribution in [-0.4, -0.2) is 19.9 Å². The minimum Gasteiger partial charge on any atom is -0.323 e. The summed E-state index contributed by atoms with van der Waals surface area (Å²) in [6, 6.07) is 9.39. The maximum absolute atomic E-state index is 12.2. The molecule has 4 N–H and O–H groups in total. The van der Waals surface area contributed by atoms with Gasteiger partial charge in [-0.15, -0.1) is 0 Å². The zero-order valence-corrected chi connectivity index (χ0v) is 12.5. The van der Waals surface area contributed by atoms with Crippen LogP contribution in [0.2, 0.25) is 0 Å². The number of sulfonamides is 1. The lowest BCUT2D eigenvalue weighted by molar-refractivity contribution is 0.581. The van der Waals surface area contributed by atoms with Gasteiger partial charge in [-0.05, 0) is 30.5 Å². The van der Waals surface area contributed by atoms with E-state index in [2.05, 4.69) is 15.1 Å². The molecule has 0 saturated heterocycles. The maximum Gasteiger partial charge on any atom is 0.244 e. The topological polar surface area (TPSA) is 97.1 Å². The van der Waals surface area contributed by atoms with Crippen LogP contribution in [0.1, 0.15) is 11.1 Å². The van der Waals surface area contributed by atoms with Crippen LogP contribution in [0.4, 0.5) is 5.69 Å². The predicted molar refractivity (Wildman–Crippen MR) is 82.1 cm³/mol. The van der Waals surface area contributed by atoms with Crippen molar-refractivity contribution in [3.8, 4) is 0 Å². The Morgan fingerprint density at radius 1 is 1.24 bits per heavy atom. The first-order valence-corrected chi connectivity index (χ1v) is 7.97. The minimum atomic E-state index is -3.64. The molecule has 0 radical (unpaired) electrons. The van der Waals surface area contributed by atoms with E-state index in [4.69, 9.17) is 5.84 Å². The summed E-state index contributed by atoms with van der Waals surface area (Å²) in [5, 5.41) is 0. The van der Waals surface area contributed by atoms with Crippen LogP contribution in [0.15, 0.2) is 47.6 Å². The number of nitrogens with zero attached hydrogens (tertiary/aromatic N) is 1. The van der Waals surface area contributed by atoms with Crippen molar-refractivity contribution in [3.05, 3.63) is 53.9 Å². The van der Waals surface area contributed by atoms with Crippen LogP contribution in [0, 0.1) is 6.92 Å². The van der Waals surface area contributed by atoms with Crippen molar-refractivity contribution in [2.45, 2.75) is 18.2 Å². The quantitative estimate of drug-likeness (QED) is 0.550. The third-order valence-electron chi connectivity index (χ3n) is 3.18. The molecule has 0 bridgehead atoms. The number of aromatic nitrogens is 1. The molecule has 2 rings (SSSR count). The molecule has 2 aromatic rings. The molecule has 0 atom stereocenters. The van der Waals surface area contributed by atoms with Crippen molar-refractivity contribution in [1.29, 1.82) is 0 Å². The summed E-state index contributed by atoms with van der Waals surface area (Å²) in [5.41, 5.74) is 4.93. The van der Waals surface area contributed by atoms with Gasteiger partial charge in [0.25, 0.3) is 0 Å². The van der Waals surface area contributed by atoms with Crippen LogP contribution >= 0.6 is 0 Å². The Labute approximate surface area is 124 Å². The monoisotopic (exact) mass is 306 g/mol. The average molecular weight is 306 g/mol. The smallest absolute Gasteiger partial charge is 0.244 e. The van der Waals surface area contributed by atoms with Gasteiger partial charge in [0.15, 0.2) is 0 Å². The van der Waals surface area contributed by atoms with Gasteiger partial charge >= 0.3 is 0 Å². The van der Waals surface area contributed by atoms with E-state index in [0.717, 1.165) is 11.1 Å². The van der Waals surface area contributed by atoms with E-state index >= 15 is 0 Å². The van der Waals surface area contributed by atoms with Gasteiger partial charge < -0.3 is 5.43 Å². The molecule has 0 amide bonds. The highest BCUT2D eigenvalue weighted by Gasteiger charge is 2.17. The third-order valence-corrected chi connectivity index (χ3v) is 4.67. The maximum atomic E-state index is 12.2. The van der Waals surface area contributed by atoms with Gasteiger partial charge in [0.1, 0.15) is 4.90 Å². The van der Waals surface area contributed by atoms with Gasteiger partial charge in [0, 0.05) is 18.9 Å². The Kier molecular flexibility index (Phi) is 4.89. The van der Waals surface area contributed by atoms with E-state index in [1.54, 1.807) is 0 Å². The molecule has 0 unspecified atom stereocenters. The number of anilines is 1. The van der Waals surface area contributed by atoms with Crippen molar-refractivity contribution >= 4 is 15.7 Å². The summed E-state index contributed by atoms with van der Waals surface area (Å²) in [7, 11) is -3.64. The van der Waals surface area contributed by atoms with Gasteiger partial charge in [0.2, 0.25) is 10.0 Å². The summed E-state index contributed by atoms with van der Waals surface area (Å²) in [6.45, 7) is 2.31. The molecule has 1 aromatic carbocycles. The molecule has 0 aliphatic heterocycles. The second kappa shape index (κ2) is 6.66. The fourth-order valence-electron chi connectivity index (χ4n) is 2.00. The Morgan fingerprint density at radius 3 is 2.71 bits per heavy atom. The van der Waals surface area contributed by atoms with Crippen molar-refractivity contribution in [2.75, 3.05) is 12.0 Å². The second-order valence-electron chi connectivity index (χ2n) is 4.59. The van der Waals surface area contributed by atoms with E-state index in [-0.39, 0.29) is 4.90 Å². The van der Waals surface area contributed by atoms with Gasteiger partial charge in [0.05, 0.1) is 5.69 Å². The van der Waals surface area contributed by atoms with E-state index < -0.39 is 10.0 Å². The van der Waals surface area contributed by atoms with Gasteiger partial charge in [-0.3, -0.25) is 10.8 Å². The zero-order chi connectivity index (χ0) is 15.3. The van der Waals surface area contributed by atoms with Crippen LogP contribution in [0.5, 0.6) is 0 Å². The van der Waals surface area contributed by atoms with E-state index in [9.17, 15) is 8.42 Å². The highest BCUT2D eigenvalue weighted by molar-refractivity contribution is 7.89. The third kappa shape index (κ3) is 3.78. The first-order valence-electron chi connectivity index (χ1n) is 6.49. The second-order valence-corrected chi connectivity index (χ2v) is 6.33. The summed E-state index contributed by atoms with van der Waals surface area (Å²) >= 11 is 0. The van der Waals surface area contributed by atoms with E-state index in [0.29, 0.717) is 18.7 Å². The lowest BCUT2D eigenvalue weighted by Crippen LogP contribution is -2.27. The van der Waals surface area contributed by atoms with Crippen molar-refractivity contribution < 1.29 is 8.42 Å². The molecule has 6 nitrogen and oxygen atoms in total. The van der Waals surface area contributed by atoms with Gasteiger partial charge in [-0.2, -0.15) is 0 Å². The van der Waals surface area contributed by atoms with E-state index in [1.807, 2.05) is 31.2 Å². The summed E-state index contributed by atoms with van der Waals surface area (Å²) in [4.78, 5) is 3.86. The molecule has 0 aliphatic carbocycles. The van der Waals surface area contributed by atoms with Gasteiger partial charge in [-0.1, -0.05) is 24.3 Å². The summed E-state index contributed by atoms with van der Waals surface area (Å²) in [6.07, 6.45) is 3.37. The lowest BCUT2D eigenvalue weighted by Gasteiger charge is -2.11. The molecule has 0 fully saturated rings. The molecular weight excluding hydrogens is 288 g/mol. The number of pyridine rings is 1. The largest absolute Gasteiger partial charge is 0.323 e. The van der Waals surface area contributed by atoms with Crippen LogP contribution in [-0.2, 0) is 16.4 Å². The number of aryl methyl sites for hydroxylation is 1. The Hall–Kier alpha value is -1.96. The lowest BCUT2D eigenvalue weighted by atomic mass is 10.1. The fourth-order valence-corrected chi connectivity index (χ4v) is 3.14. The van der Waals surface area contributed by atoms with Crippen molar-refractivity contribution in [2.24, 2.45) is 5.84 Å². The summed E-state index contributed by atoms with van der Waals surface area (Å²) < 4.78 is 27.0. The molecule has 0 spiro atoms.